The molecule has 0 saturated heterocycles. The van der Waals surface area contributed by atoms with Crippen molar-refractivity contribution >= 4 is 6.41 Å². The van der Waals surface area contributed by atoms with Gasteiger partial charge in [0.05, 0.1) is 0 Å². The first-order valence-electron chi connectivity index (χ1n) is 3.26. The van der Waals surface area contributed by atoms with Crippen LogP contribution in [0.15, 0.2) is 0 Å². The predicted molar refractivity (Wildman–Crippen MR) is 36.4 cm³/mol. The Morgan fingerprint density at radius 3 is 2.78 bits per heavy atom. The molecule has 9 heavy (non-hydrogen) atoms. The van der Waals surface area contributed by atoms with E-state index in [2.05, 4.69) is 17.8 Å². The molecule has 0 bridgehead atoms. The van der Waals surface area contributed by atoms with Crippen molar-refractivity contribution in [3.05, 3.63) is 0 Å². The molecule has 2 N–H and O–H groups in total. The van der Waals surface area contributed by atoms with Gasteiger partial charge in [0.15, 0.2) is 0 Å². The molecule has 0 aromatic carbocycles. The lowest BCUT2D eigenvalue weighted by Gasteiger charge is -1.98. The number of unbranched alkanes of at least 4 members (excludes halogenated alkanes) is 2. The smallest absolute Gasteiger partial charge is 0.283 e. The van der Waals surface area contributed by atoms with Crippen molar-refractivity contribution in [2.24, 2.45) is 0 Å². The monoisotopic (exact) mass is 129 g/mol. The molecule has 0 unspecified atom stereocenters. The third kappa shape index (κ3) is 7.43. The van der Waals surface area contributed by atoms with E-state index in [-0.39, 0.29) is 0 Å². The fourth-order valence-corrected chi connectivity index (χ4v) is 0.562. The van der Waals surface area contributed by atoms with E-state index in [0.717, 1.165) is 13.0 Å². The second-order valence-electron chi connectivity index (χ2n) is 1.86. The molecule has 0 aromatic heterocycles. The number of nitrogens with one attached hydrogen (secondary N) is 2. The molecule has 0 atom stereocenters. The van der Waals surface area contributed by atoms with Gasteiger partial charge >= 0.3 is 6.41 Å². The van der Waals surface area contributed by atoms with Crippen molar-refractivity contribution in [2.45, 2.75) is 26.2 Å². The number of amides is 1. The van der Waals surface area contributed by atoms with Gasteiger partial charge in [-0.05, 0) is 6.42 Å². The van der Waals surface area contributed by atoms with E-state index < -0.39 is 0 Å². The first-order chi connectivity index (χ1) is 4.41. The van der Waals surface area contributed by atoms with Crippen LogP contribution in [0.1, 0.15) is 26.2 Å². The molecule has 0 fully saturated rings. The Bertz CT molecular complexity index is 66.1. The van der Waals surface area contributed by atoms with E-state index in [4.69, 9.17) is 0 Å². The molecule has 0 rings (SSSR count). The third-order valence-electron chi connectivity index (χ3n) is 1.04. The Morgan fingerprint density at radius 1 is 1.44 bits per heavy atom. The van der Waals surface area contributed by atoms with Crippen LogP contribution in [0.4, 0.5) is 0 Å². The Labute approximate surface area is 55.8 Å². The molecule has 0 spiro atoms. The maximum atomic E-state index is 9.54. The number of hydrazine groups is 1. The van der Waals surface area contributed by atoms with Crippen LogP contribution in [0.2, 0.25) is 0 Å². The highest BCUT2D eigenvalue weighted by Crippen LogP contribution is 1.89. The molecular weight excluding hydrogens is 116 g/mol. The van der Waals surface area contributed by atoms with Crippen molar-refractivity contribution in [1.29, 1.82) is 0 Å². The molecule has 0 aliphatic heterocycles. The van der Waals surface area contributed by atoms with Gasteiger partial charge in [0.1, 0.15) is 0 Å². The maximum absolute atomic E-state index is 9.54. The van der Waals surface area contributed by atoms with Gasteiger partial charge < -0.3 is 0 Å². The first kappa shape index (κ1) is 8.43. The van der Waals surface area contributed by atoms with Crippen LogP contribution in [-0.4, -0.2) is 13.0 Å². The van der Waals surface area contributed by atoms with E-state index in [9.17, 15) is 4.79 Å². The molecule has 0 aliphatic rings. The summed E-state index contributed by atoms with van der Waals surface area (Å²) in [7, 11) is 0. The molecule has 0 saturated carbocycles. The van der Waals surface area contributed by atoms with Gasteiger partial charge in [0, 0.05) is 6.54 Å². The average Bonchev–Trinajstić information content (AvgIpc) is 1.89. The maximum Gasteiger partial charge on any atom is 0.324 e. The van der Waals surface area contributed by atoms with E-state index in [1.807, 2.05) is 0 Å². The zero-order valence-corrected chi connectivity index (χ0v) is 5.74. The predicted octanol–water partition coefficient (Wildman–Crippen LogP) is 0.338. The molecule has 0 aromatic rings. The van der Waals surface area contributed by atoms with Crippen LogP contribution in [0.25, 0.3) is 0 Å². The van der Waals surface area contributed by atoms with Crippen molar-refractivity contribution < 1.29 is 4.79 Å². The van der Waals surface area contributed by atoms with Crippen molar-refractivity contribution in [3.8, 4) is 0 Å². The Kier molecular flexibility index (Phi) is 6.96. The topological polar surface area (TPSA) is 41.1 Å². The van der Waals surface area contributed by atoms with Crippen molar-refractivity contribution in [1.82, 2.24) is 10.9 Å². The van der Waals surface area contributed by atoms with E-state index in [1.165, 1.54) is 19.3 Å². The van der Waals surface area contributed by atoms with E-state index >= 15 is 0 Å². The number of hydrogen-bond acceptors (Lipinski definition) is 2. The van der Waals surface area contributed by atoms with Gasteiger partial charge in [0.2, 0.25) is 0 Å². The fourth-order valence-electron chi connectivity index (χ4n) is 0.562. The summed E-state index contributed by atoms with van der Waals surface area (Å²) >= 11 is 0. The minimum atomic E-state index is 0.836. The summed E-state index contributed by atoms with van der Waals surface area (Å²) < 4.78 is 0. The molecule has 0 heterocycles. The summed E-state index contributed by atoms with van der Waals surface area (Å²) in [4.78, 5) is 9.54. The van der Waals surface area contributed by atoms with Crippen LogP contribution in [0.3, 0.4) is 0 Å². The van der Waals surface area contributed by atoms with Gasteiger partial charge in [-0.2, -0.15) is 0 Å². The zero-order chi connectivity index (χ0) is 6.95. The van der Waals surface area contributed by atoms with Crippen LogP contribution in [0.5, 0.6) is 0 Å². The number of hydrogen-bond donors (Lipinski definition) is 2. The van der Waals surface area contributed by atoms with Gasteiger partial charge in [-0.25, -0.2) is 5.43 Å². The van der Waals surface area contributed by atoms with Crippen LogP contribution >= 0.6 is 0 Å². The van der Waals surface area contributed by atoms with E-state index in [1.54, 1.807) is 0 Å². The normalized spacial score (nSPS) is 9.00. The minimum Gasteiger partial charge on any atom is -0.283 e. The second-order valence-corrected chi connectivity index (χ2v) is 1.86. The highest BCUT2D eigenvalue weighted by atomic mass is 16.1. The SMILES string of the molecule is CCCCCNN[C]=O. The lowest BCUT2D eigenvalue weighted by atomic mass is 10.3. The summed E-state index contributed by atoms with van der Waals surface area (Å²) in [6.45, 7) is 2.97. The number of carbonyl (C=O) groups excluding carboxylic acids is 1. The standard InChI is InChI=1S/C6H13N2O/c1-2-3-4-5-7-8-6-9/h7H,2-5H2,1H3,(H,8,9). The quantitative estimate of drug-likeness (QED) is 0.308. The highest BCUT2D eigenvalue weighted by Gasteiger charge is 1.82. The summed E-state index contributed by atoms with van der Waals surface area (Å²) in [6.07, 6.45) is 5.04. The van der Waals surface area contributed by atoms with Crippen molar-refractivity contribution in [3.63, 3.8) is 0 Å². The van der Waals surface area contributed by atoms with Crippen LogP contribution < -0.4 is 10.9 Å². The van der Waals surface area contributed by atoms with Gasteiger partial charge in [-0.15, -0.1) is 0 Å². The molecule has 1 radical (unpaired) electrons. The van der Waals surface area contributed by atoms with E-state index in [0.29, 0.717) is 0 Å². The van der Waals surface area contributed by atoms with Crippen molar-refractivity contribution in [2.75, 3.05) is 6.54 Å². The Balaban J connectivity index is 2.66. The minimum absolute atomic E-state index is 0.836. The molecule has 53 valence electrons. The van der Waals surface area contributed by atoms with Gasteiger partial charge in [-0.1, -0.05) is 19.8 Å². The lowest BCUT2D eigenvalue weighted by molar-refractivity contribution is 0.513. The molecule has 0 aliphatic carbocycles. The summed E-state index contributed by atoms with van der Waals surface area (Å²) in [5.74, 6) is 0. The molecule has 3 nitrogen and oxygen atoms in total. The summed E-state index contributed by atoms with van der Waals surface area (Å²) in [5, 5.41) is 0. The fraction of sp³-hybridized carbons (Fsp3) is 0.833. The lowest BCUT2D eigenvalue weighted by Crippen LogP contribution is -2.30. The average molecular weight is 129 g/mol. The Hall–Kier alpha value is -0.570. The highest BCUT2D eigenvalue weighted by molar-refractivity contribution is 5.45. The zero-order valence-electron chi connectivity index (χ0n) is 5.74. The summed E-state index contributed by atoms with van der Waals surface area (Å²) in [5.41, 5.74) is 4.95. The van der Waals surface area contributed by atoms with Gasteiger partial charge in [-0.3, -0.25) is 10.2 Å². The first-order valence-corrected chi connectivity index (χ1v) is 3.26. The molecular formula is C6H13N2O. The number of rotatable bonds is 6. The largest absolute Gasteiger partial charge is 0.324 e. The van der Waals surface area contributed by atoms with Crippen LogP contribution in [0, 0.1) is 0 Å². The van der Waals surface area contributed by atoms with Gasteiger partial charge in [0.25, 0.3) is 0 Å². The summed E-state index contributed by atoms with van der Waals surface area (Å²) in [6, 6.07) is 0. The van der Waals surface area contributed by atoms with Crippen LogP contribution in [-0.2, 0) is 4.79 Å². The third-order valence-corrected chi connectivity index (χ3v) is 1.04. The Morgan fingerprint density at radius 2 is 2.22 bits per heavy atom. The second kappa shape index (κ2) is 7.43. The molecule has 1 amide bonds. The molecule has 3 heteroatoms.